The molecule has 164 valence electrons. The average molecular weight is 453 g/mol. The molecule has 1 aliphatic heterocycles. The fourth-order valence-electron chi connectivity index (χ4n) is 3.90. The first-order valence-corrected chi connectivity index (χ1v) is 12.8. The van der Waals surface area contributed by atoms with Crippen LogP contribution in [0.5, 0.6) is 0 Å². The van der Waals surface area contributed by atoms with Crippen molar-refractivity contribution in [2.45, 2.75) is 69.7 Å². The van der Waals surface area contributed by atoms with Gasteiger partial charge in [-0.1, -0.05) is 11.6 Å². The quantitative estimate of drug-likeness (QED) is 0.721. The number of amides is 1. The number of hydrogen-bond acceptors (Lipinski definition) is 7. The van der Waals surface area contributed by atoms with E-state index in [9.17, 15) is 13.2 Å². The second kappa shape index (κ2) is 8.39. The lowest BCUT2D eigenvalue weighted by Crippen LogP contribution is -2.46. The summed E-state index contributed by atoms with van der Waals surface area (Å²) in [6, 6.07) is 1.67. The minimum Gasteiger partial charge on any atom is -0.354 e. The van der Waals surface area contributed by atoms with Crippen molar-refractivity contribution in [2.24, 2.45) is 5.92 Å². The van der Waals surface area contributed by atoms with Crippen LogP contribution in [0, 0.1) is 12.8 Å². The highest BCUT2D eigenvalue weighted by atomic mass is 32.2. The number of hydrogen-bond donors (Lipinski definition) is 1. The number of thiophene rings is 1. The van der Waals surface area contributed by atoms with Gasteiger partial charge in [0.15, 0.2) is 0 Å². The Bertz CT molecular complexity index is 1020. The predicted octanol–water partition coefficient (Wildman–Crippen LogP) is 3.30. The highest BCUT2D eigenvalue weighted by molar-refractivity contribution is 7.89. The van der Waals surface area contributed by atoms with Crippen LogP contribution in [0.3, 0.4) is 0 Å². The van der Waals surface area contributed by atoms with Crippen molar-refractivity contribution in [2.75, 3.05) is 13.1 Å². The smallest absolute Gasteiger partial charge is 0.244 e. The van der Waals surface area contributed by atoms with E-state index in [1.807, 2.05) is 13.8 Å². The third-order valence-electron chi connectivity index (χ3n) is 5.79. The second-order valence-corrected chi connectivity index (χ2v) is 11.6. The van der Waals surface area contributed by atoms with Crippen molar-refractivity contribution < 1.29 is 17.7 Å². The molecule has 3 heterocycles. The van der Waals surface area contributed by atoms with E-state index >= 15 is 0 Å². The molecular weight excluding hydrogens is 424 g/mol. The van der Waals surface area contributed by atoms with Crippen LogP contribution in [0.4, 0.5) is 0 Å². The van der Waals surface area contributed by atoms with Crippen molar-refractivity contribution in [1.29, 1.82) is 0 Å². The fourth-order valence-corrected chi connectivity index (χ4v) is 6.91. The molecule has 30 heavy (non-hydrogen) atoms. The molecule has 0 aromatic carbocycles. The van der Waals surface area contributed by atoms with Crippen LogP contribution in [-0.4, -0.2) is 47.9 Å². The minimum absolute atomic E-state index is 0.0333. The van der Waals surface area contributed by atoms with Gasteiger partial charge >= 0.3 is 0 Å². The molecule has 2 aromatic rings. The molecule has 1 N–H and O–H groups in total. The van der Waals surface area contributed by atoms with Crippen LogP contribution in [-0.2, 0) is 14.8 Å². The third kappa shape index (κ3) is 4.17. The molecule has 2 aromatic heterocycles. The average Bonchev–Trinajstić information content (AvgIpc) is 3.27. The van der Waals surface area contributed by atoms with Gasteiger partial charge in [-0.15, -0.1) is 11.3 Å². The molecule has 0 radical (unpaired) electrons. The third-order valence-corrected chi connectivity index (χ3v) is 8.96. The van der Waals surface area contributed by atoms with Crippen LogP contribution in [0.25, 0.3) is 10.7 Å². The molecule has 1 aliphatic carbocycles. The summed E-state index contributed by atoms with van der Waals surface area (Å²) in [7, 11) is -3.70. The van der Waals surface area contributed by atoms with Gasteiger partial charge in [0.2, 0.25) is 27.6 Å². The standard InChI is InChI=1S/C20H28N4O4S2/c1-12(2)21-19(25)15-8-5-9-24(11-15)30(26,27)17-10-16(29-13(17)3)18-22-20(28-23-18)14-6-4-7-14/h10,12,14-15H,4-9,11H2,1-3H3,(H,21,25)/t15-/m1/s1. The Morgan fingerprint density at radius 1 is 1.30 bits per heavy atom. The molecule has 4 rings (SSSR count). The normalized spacial score (nSPS) is 21.0. The van der Waals surface area contributed by atoms with Crippen LogP contribution in [0.1, 0.15) is 62.6 Å². The van der Waals surface area contributed by atoms with E-state index in [1.165, 1.54) is 22.1 Å². The van der Waals surface area contributed by atoms with Gasteiger partial charge in [0.1, 0.15) is 0 Å². The topological polar surface area (TPSA) is 105 Å². The van der Waals surface area contributed by atoms with E-state index < -0.39 is 10.0 Å². The summed E-state index contributed by atoms with van der Waals surface area (Å²) in [6.07, 6.45) is 4.66. The first-order chi connectivity index (χ1) is 14.3. The zero-order valence-electron chi connectivity index (χ0n) is 17.6. The molecule has 1 amide bonds. The summed E-state index contributed by atoms with van der Waals surface area (Å²) in [5, 5.41) is 6.96. The lowest BCUT2D eigenvalue weighted by molar-refractivity contribution is -0.126. The molecule has 1 atom stereocenters. The van der Waals surface area contributed by atoms with Crippen molar-refractivity contribution in [3.05, 3.63) is 16.8 Å². The molecule has 2 fully saturated rings. The number of rotatable bonds is 6. The Kier molecular flexibility index (Phi) is 6.00. The summed E-state index contributed by atoms with van der Waals surface area (Å²) in [5.74, 6) is 1.01. The number of carbonyl (C=O) groups is 1. The monoisotopic (exact) mass is 452 g/mol. The first kappa shape index (κ1) is 21.5. The minimum atomic E-state index is -3.70. The van der Waals surface area contributed by atoms with Crippen molar-refractivity contribution in [3.63, 3.8) is 0 Å². The van der Waals surface area contributed by atoms with Crippen molar-refractivity contribution >= 4 is 27.3 Å². The van der Waals surface area contributed by atoms with Gasteiger partial charge in [-0.05, 0) is 52.5 Å². The number of nitrogens with one attached hydrogen (secondary N) is 1. The lowest BCUT2D eigenvalue weighted by Gasteiger charge is -2.31. The number of nitrogens with zero attached hydrogens (tertiary/aromatic N) is 3. The Morgan fingerprint density at radius 2 is 2.07 bits per heavy atom. The van der Waals surface area contributed by atoms with Gasteiger partial charge in [0.25, 0.3) is 0 Å². The maximum absolute atomic E-state index is 13.3. The Morgan fingerprint density at radius 3 is 2.73 bits per heavy atom. The SMILES string of the molecule is Cc1sc(-c2noc(C3CCC3)n2)cc1S(=O)(=O)N1CCC[C@@H](C(=O)NC(C)C)C1. The molecule has 1 saturated heterocycles. The van der Waals surface area contributed by atoms with E-state index in [2.05, 4.69) is 15.5 Å². The highest BCUT2D eigenvalue weighted by Crippen LogP contribution is 2.38. The van der Waals surface area contributed by atoms with Gasteiger partial charge in [0.05, 0.1) is 15.7 Å². The van der Waals surface area contributed by atoms with E-state index in [0.29, 0.717) is 46.8 Å². The summed E-state index contributed by atoms with van der Waals surface area (Å²) in [6.45, 7) is 6.23. The van der Waals surface area contributed by atoms with Crippen LogP contribution >= 0.6 is 11.3 Å². The molecule has 2 aliphatic rings. The summed E-state index contributed by atoms with van der Waals surface area (Å²) in [4.78, 5) is 18.5. The van der Waals surface area contributed by atoms with Gasteiger partial charge in [0, 0.05) is 29.9 Å². The summed E-state index contributed by atoms with van der Waals surface area (Å²) in [5.41, 5.74) is 0. The maximum Gasteiger partial charge on any atom is 0.244 e. The van der Waals surface area contributed by atoms with Gasteiger partial charge in [-0.3, -0.25) is 4.79 Å². The molecule has 1 saturated carbocycles. The lowest BCUT2D eigenvalue weighted by atomic mass is 9.85. The number of sulfonamides is 1. The Balaban J connectivity index is 1.54. The number of aromatic nitrogens is 2. The molecule has 8 nitrogen and oxygen atoms in total. The van der Waals surface area contributed by atoms with Crippen LogP contribution in [0.15, 0.2) is 15.5 Å². The summed E-state index contributed by atoms with van der Waals surface area (Å²) < 4.78 is 33.5. The van der Waals surface area contributed by atoms with Gasteiger partial charge < -0.3 is 9.84 Å². The predicted molar refractivity (Wildman–Crippen MR) is 114 cm³/mol. The summed E-state index contributed by atoms with van der Waals surface area (Å²) >= 11 is 1.35. The number of carbonyl (C=O) groups excluding carboxylic acids is 1. The van der Waals surface area contributed by atoms with Gasteiger partial charge in [-0.2, -0.15) is 9.29 Å². The van der Waals surface area contributed by atoms with E-state index in [-0.39, 0.29) is 29.3 Å². The van der Waals surface area contributed by atoms with Crippen molar-refractivity contribution in [1.82, 2.24) is 19.8 Å². The van der Waals surface area contributed by atoms with Gasteiger partial charge in [-0.25, -0.2) is 8.42 Å². The van der Waals surface area contributed by atoms with Crippen molar-refractivity contribution in [3.8, 4) is 10.7 Å². The van der Waals surface area contributed by atoms with E-state index in [4.69, 9.17) is 4.52 Å². The van der Waals surface area contributed by atoms with E-state index in [0.717, 1.165) is 12.8 Å². The molecule has 0 unspecified atom stereocenters. The molecule has 0 bridgehead atoms. The Labute approximate surface area is 181 Å². The molecular formula is C20H28N4O4S2. The largest absolute Gasteiger partial charge is 0.354 e. The first-order valence-electron chi connectivity index (χ1n) is 10.5. The molecule has 10 heteroatoms. The van der Waals surface area contributed by atoms with E-state index in [1.54, 1.807) is 13.0 Å². The zero-order valence-corrected chi connectivity index (χ0v) is 19.2. The highest BCUT2D eigenvalue weighted by Gasteiger charge is 2.35. The second-order valence-electron chi connectivity index (χ2n) is 8.48. The number of aryl methyl sites for hydroxylation is 1. The molecule has 0 spiro atoms. The maximum atomic E-state index is 13.3. The zero-order chi connectivity index (χ0) is 21.5. The fraction of sp³-hybridized carbons (Fsp3) is 0.650. The number of piperidine rings is 1. The van der Waals surface area contributed by atoms with Crippen LogP contribution < -0.4 is 5.32 Å². The van der Waals surface area contributed by atoms with Crippen LogP contribution in [0.2, 0.25) is 0 Å². The Hall–Kier alpha value is -1.78.